The van der Waals surface area contributed by atoms with E-state index in [0.29, 0.717) is 13.0 Å². The number of alkyl halides is 3. The first-order valence-electron chi connectivity index (χ1n) is 7.50. The van der Waals surface area contributed by atoms with Gasteiger partial charge in [-0.1, -0.05) is 6.42 Å². The van der Waals surface area contributed by atoms with Gasteiger partial charge in [0.05, 0.1) is 5.92 Å². The van der Waals surface area contributed by atoms with Crippen LogP contribution in [0.3, 0.4) is 0 Å². The van der Waals surface area contributed by atoms with Crippen molar-refractivity contribution in [1.82, 2.24) is 9.80 Å². The summed E-state index contributed by atoms with van der Waals surface area (Å²) < 4.78 is 39.2. The average molecular weight is 293 g/mol. The molecule has 0 bridgehead atoms. The summed E-state index contributed by atoms with van der Waals surface area (Å²) in [6.07, 6.45) is -2.24. The van der Waals surface area contributed by atoms with Crippen LogP contribution >= 0.6 is 0 Å². The van der Waals surface area contributed by atoms with Crippen LogP contribution < -0.4 is 5.73 Å². The van der Waals surface area contributed by atoms with E-state index in [1.165, 1.54) is 0 Å². The molecule has 0 spiro atoms. The van der Waals surface area contributed by atoms with Gasteiger partial charge in [-0.15, -0.1) is 0 Å². The summed E-state index contributed by atoms with van der Waals surface area (Å²) in [7, 11) is 2.06. The molecule has 0 aromatic rings. The van der Waals surface area contributed by atoms with Gasteiger partial charge in [-0.25, -0.2) is 0 Å². The van der Waals surface area contributed by atoms with Gasteiger partial charge in [0.25, 0.3) is 0 Å². The minimum absolute atomic E-state index is 0.168. The zero-order chi connectivity index (χ0) is 15.0. The van der Waals surface area contributed by atoms with E-state index in [2.05, 4.69) is 23.8 Å². The fourth-order valence-electron chi connectivity index (χ4n) is 4.03. The Balaban J connectivity index is 2.16. The van der Waals surface area contributed by atoms with E-state index in [9.17, 15) is 13.2 Å². The van der Waals surface area contributed by atoms with Crippen molar-refractivity contribution in [3.8, 4) is 0 Å². The first kappa shape index (κ1) is 16.0. The summed E-state index contributed by atoms with van der Waals surface area (Å²) in [6.45, 7) is 5.05. The molecule has 3 nitrogen and oxygen atoms in total. The molecule has 2 aliphatic rings. The molecule has 6 heteroatoms. The number of nitrogens with two attached hydrogens (primary N) is 1. The third kappa shape index (κ3) is 3.12. The molecular weight excluding hydrogens is 267 g/mol. The van der Waals surface area contributed by atoms with Crippen LogP contribution in [0.4, 0.5) is 13.2 Å². The molecular formula is C14H26F3N3. The van der Waals surface area contributed by atoms with Crippen LogP contribution in [0.25, 0.3) is 0 Å². The molecule has 2 fully saturated rings. The highest BCUT2D eigenvalue weighted by atomic mass is 19.4. The van der Waals surface area contributed by atoms with Crippen molar-refractivity contribution in [3.05, 3.63) is 0 Å². The SMILES string of the molecule is CC1CN(C)CCN1C1(CN)CCCC(C(F)(F)F)C1. The Morgan fingerprint density at radius 3 is 2.55 bits per heavy atom. The fraction of sp³-hybridized carbons (Fsp3) is 1.00. The Morgan fingerprint density at radius 2 is 2.00 bits per heavy atom. The lowest BCUT2D eigenvalue weighted by Gasteiger charge is -2.53. The fourth-order valence-corrected chi connectivity index (χ4v) is 4.03. The molecule has 1 saturated carbocycles. The molecule has 20 heavy (non-hydrogen) atoms. The van der Waals surface area contributed by atoms with Gasteiger partial charge >= 0.3 is 6.18 Å². The van der Waals surface area contributed by atoms with Crippen molar-refractivity contribution in [2.45, 2.75) is 50.4 Å². The second-order valence-corrected chi connectivity index (χ2v) is 6.57. The summed E-state index contributed by atoms with van der Waals surface area (Å²) in [5.41, 5.74) is 5.49. The average Bonchev–Trinajstić information content (AvgIpc) is 2.37. The highest BCUT2D eigenvalue weighted by Crippen LogP contribution is 2.44. The number of halogens is 3. The minimum Gasteiger partial charge on any atom is -0.329 e. The third-order valence-electron chi connectivity index (χ3n) is 5.10. The van der Waals surface area contributed by atoms with Crippen LogP contribution in [0.1, 0.15) is 32.6 Å². The van der Waals surface area contributed by atoms with Gasteiger partial charge in [0, 0.05) is 37.8 Å². The number of likely N-dealkylation sites (N-methyl/N-ethyl adjacent to an activating group) is 1. The standard InChI is InChI=1S/C14H26F3N3/c1-11-9-19(2)6-7-20(11)13(10-18)5-3-4-12(8-13)14(15,16)17/h11-12H,3-10,18H2,1-2H3. The summed E-state index contributed by atoms with van der Waals surface area (Å²) in [4.78, 5) is 4.49. The number of hydrogen-bond acceptors (Lipinski definition) is 3. The zero-order valence-electron chi connectivity index (χ0n) is 12.4. The second-order valence-electron chi connectivity index (χ2n) is 6.57. The predicted octanol–water partition coefficient (Wildman–Crippen LogP) is 2.07. The van der Waals surface area contributed by atoms with Gasteiger partial charge in [0.15, 0.2) is 0 Å². The molecule has 0 radical (unpaired) electrons. The lowest BCUT2D eigenvalue weighted by Crippen LogP contribution is -2.65. The Morgan fingerprint density at radius 1 is 1.30 bits per heavy atom. The van der Waals surface area contributed by atoms with Crippen LogP contribution in [0.2, 0.25) is 0 Å². The number of nitrogens with zero attached hydrogens (tertiary/aromatic N) is 2. The maximum atomic E-state index is 13.1. The monoisotopic (exact) mass is 293 g/mol. The van der Waals surface area contributed by atoms with Gasteiger partial charge in [0.2, 0.25) is 0 Å². The van der Waals surface area contributed by atoms with Crippen LogP contribution in [0.5, 0.6) is 0 Å². The molecule has 0 aromatic heterocycles. The molecule has 1 aliphatic carbocycles. The molecule has 1 saturated heterocycles. The van der Waals surface area contributed by atoms with Gasteiger partial charge < -0.3 is 10.6 Å². The van der Waals surface area contributed by atoms with Crippen LogP contribution in [0, 0.1) is 5.92 Å². The molecule has 0 amide bonds. The predicted molar refractivity (Wildman–Crippen MR) is 73.5 cm³/mol. The highest BCUT2D eigenvalue weighted by molar-refractivity contribution is 5.01. The topological polar surface area (TPSA) is 32.5 Å². The van der Waals surface area contributed by atoms with Gasteiger partial charge in [0.1, 0.15) is 0 Å². The zero-order valence-corrected chi connectivity index (χ0v) is 12.4. The van der Waals surface area contributed by atoms with E-state index in [-0.39, 0.29) is 18.9 Å². The van der Waals surface area contributed by atoms with Crippen LogP contribution in [-0.2, 0) is 0 Å². The van der Waals surface area contributed by atoms with Crippen molar-refractivity contribution >= 4 is 0 Å². The summed E-state index contributed by atoms with van der Waals surface area (Å²) in [6, 6.07) is 0.268. The minimum atomic E-state index is -4.09. The Kier molecular flexibility index (Phi) is 4.66. The largest absolute Gasteiger partial charge is 0.391 e. The van der Waals surface area contributed by atoms with Gasteiger partial charge in [-0.3, -0.25) is 4.90 Å². The first-order valence-corrected chi connectivity index (χ1v) is 7.50. The molecule has 118 valence electrons. The Hall–Kier alpha value is -0.330. The molecule has 2 rings (SSSR count). The van der Waals surface area contributed by atoms with E-state index >= 15 is 0 Å². The molecule has 0 aromatic carbocycles. The number of rotatable bonds is 2. The van der Waals surface area contributed by atoms with E-state index in [1.54, 1.807) is 0 Å². The molecule has 3 unspecified atom stereocenters. The molecule has 1 heterocycles. The molecule has 2 N–H and O–H groups in total. The van der Waals surface area contributed by atoms with Crippen LogP contribution in [0.15, 0.2) is 0 Å². The smallest absolute Gasteiger partial charge is 0.329 e. The van der Waals surface area contributed by atoms with Crippen molar-refractivity contribution in [3.63, 3.8) is 0 Å². The third-order valence-corrected chi connectivity index (χ3v) is 5.10. The van der Waals surface area contributed by atoms with Crippen molar-refractivity contribution < 1.29 is 13.2 Å². The summed E-state index contributed by atoms with van der Waals surface area (Å²) >= 11 is 0. The van der Waals surface area contributed by atoms with E-state index in [0.717, 1.165) is 26.1 Å². The van der Waals surface area contributed by atoms with E-state index in [1.807, 2.05) is 0 Å². The Bertz CT molecular complexity index is 334. The summed E-state index contributed by atoms with van der Waals surface area (Å²) in [5, 5.41) is 0. The van der Waals surface area contributed by atoms with E-state index in [4.69, 9.17) is 5.73 Å². The quantitative estimate of drug-likeness (QED) is 0.846. The molecule has 3 atom stereocenters. The summed E-state index contributed by atoms with van der Waals surface area (Å²) in [5.74, 6) is -1.19. The maximum Gasteiger partial charge on any atom is 0.391 e. The van der Waals surface area contributed by atoms with Gasteiger partial charge in [-0.2, -0.15) is 13.2 Å². The van der Waals surface area contributed by atoms with Gasteiger partial charge in [-0.05, 0) is 33.2 Å². The van der Waals surface area contributed by atoms with Crippen molar-refractivity contribution in [2.75, 3.05) is 33.2 Å². The molecule has 1 aliphatic heterocycles. The van der Waals surface area contributed by atoms with E-state index < -0.39 is 17.6 Å². The maximum absolute atomic E-state index is 13.1. The van der Waals surface area contributed by atoms with Crippen molar-refractivity contribution in [2.24, 2.45) is 11.7 Å². The number of hydrogen-bond donors (Lipinski definition) is 1. The lowest BCUT2D eigenvalue weighted by molar-refractivity contribution is -0.196. The highest BCUT2D eigenvalue weighted by Gasteiger charge is 2.50. The van der Waals surface area contributed by atoms with Crippen molar-refractivity contribution in [1.29, 1.82) is 0 Å². The lowest BCUT2D eigenvalue weighted by atomic mass is 9.73. The van der Waals surface area contributed by atoms with Crippen LogP contribution in [-0.4, -0.2) is 60.8 Å². The Labute approximate surface area is 119 Å². The number of piperazine rings is 1. The normalized spacial score (nSPS) is 38.1. The first-order chi connectivity index (χ1) is 9.28. The second kappa shape index (κ2) is 5.81.